The number of hydrogen-bond donors (Lipinski definition) is 2. The molecule has 8 unspecified atom stereocenters. The van der Waals surface area contributed by atoms with Gasteiger partial charge in [0.2, 0.25) is 0 Å². The van der Waals surface area contributed by atoms with Gasteiger partial charge in [0.15, 0.2) is 5.78 Å². The number of rotatable bonds is 3. The second kappa shape index (κ2) is 6.80. The SMILES string of the molecule is CC(=O)OC1CCC2(C)C(CCC3C2CCC2(C)C3CCC2(O)C(=O)CO)C1. The third-order valence-corrected chi connectivity index (χ3v) is 9.71. The molecule has 4 aliphatic carbocycles. The number of esters is 1. The molecule has 0 spiro atoms. The number of ketones is 1. The topological polar surface area (TPSA) is 83.8 Å². The molecule has 4 saturated carbocycles. The van der Waals surface area contributed by atoms with Gasteiger partial charge in [-0.2, -0.15) is 0 Å². The standard InChI is InChI=1S/C23H36O5/c1-14(25)28-16-6-9-21(2)15(12-16)4-5-17-18(21)7-10-22(3)19(17)8-11-23(22,27)20(26)13-24/h15-19,24,27H,4-13H2,1-3H3. The number of aliphatic hydroxyl groups is 2. The molecule has 0 amide bonds. The van der Waals surface area contributed by atoms with Gasteiger partial charge in [-0.1, -0.05) is 13.8 Å². The van der Waals surface area contributed by atoms with Crippen molar-refractivity contribution in [3.8, 4) is 0 Å². The molecular weight excluding hydrogens is 356 g/mol. The fourth-order valence-corrected chi connectivity index (χ4v) is 8.17. The second-order valence-corrected chi connectivity index (χ2v) is 10.6. The van der Waals surface area contributed by atoms with Crippen LogP contribution in [-0.4, -0.2) is 40.3 Å². The Hall–Kier alpha value is -0.940. The highest BCUT2D eigenvalue weighted by molar-refractivity contribution is 5.89. The van der Waals surface area contributed by atoms with Crippen LogP contribution in [0.3, 0.4) is 0 Å². The van der Waals surface area contributed by atoms with Crippen molar-refractivity contribution in [1.82, 2.24) is 0 Å². The van der Waals surface area contributed by atoms with Gasteiger partial charge in [0.05, 0.1) is 0 Å². The van der Waals surface area contributed by atoms with Crippen LogP contribution in [0.2, 0.25) is 0 Å². The van der Waals surface area contributed by atoms with Crippen molar-refractivity contribution in [2.75, 3.05) is 6.61 Å². The summed E-state index contributed by atoms with van der Waals surface area (Å²) in [5.41, 5.74) is -1.50. The molecule has 0 bridgehead atoms. The Morgan fingerprint density at radius 3 is 2.39 bits per heavy atom. The van der Waals surface area contributed by atoms with E-state index in [4.69, 9.17) is 4.74 Å². The normalized spacial score (nSPS) is 50.2. The molecule has 0 aliphatic heterocycles. The molecule has 8 atom stereocenters. The summed E-state index contributed by atoms with van der Waals surface area (Å²) in [7, 11) is 0. The third-order valence-electron chi connectivity index (χ3n) is 9.71. The van der Waals surface area contributed by atoms with Gasteiger partial charge >= 0.3 is 5.97 Å². The van der Waals surface area contributed by atoms with Crippen LogP contribution in [0.4, 0.5) is 0 Å². The molecule has 4 fully saturated rings. The highest BCUT2D eigenvalue weighted by Gasteiger charge is 2.66. The minimum Gasteiger partial charge on any atom is -0.463 e. The number of Topliss-reactive ketones (excluding diaryl/α,β-unsaturated/α-hetero) is 1. The molecular formula is C23H36O5. The zero-order valence-corrected chi connectivity index (χ0v) is 17.6. The number of ether oxygens (including phenoxy) is 1. The first kappa shape index (κ1) is 20.3. The Bertz CT molecular complexity index is 661. The smallest absolute Gasteiger partial charge is 0.302 e. The van der Waals surface area contributed by atoms with E-state index < -0.39 is 23.4 Å². The second-order valence-electron chi connectivity index (χ2n) is 10.6. The molecule has 2 N–H and O–H groups in total. The lowest BCUT2D eigenvalue weighted by Crippen LogP contribution is -2.59. The van der Waals surface area contributed by atoms with Gasteiger partial charge in [0.1, 0.15) is 18.3 Å². The Morgan fingerprint density at radius 2 is 1.71 bits per heavy atom. The summed E-state index contributed by atoms with van der Waals surface area (Å²) in [6.45, 7) is 5.48. The van der Waals surface area contributed by atoms with Gasteiger partial charge in [0.25, 0.3) is 0 Å². The summed E-state index contributed by atoms with van der Waals surface area (Å²) in [6, 6.07) is 0. The predicted molar refractivity (Wildman–Crippen MR) is 104 cm³/mol. The monoisotopic (exact) mass is 392 g/mol. The van der Waals surface area contributed by atoms with E-state index in [1.165, 1.54) is 6.92 Å². The number of aliphatic hydroxyl groups excluding tert-OH is 1. The summed E-state index contributed by atoms with van der Waals surface area (Å²) < 4.78 is 5.54. The molecule has 4 rings (SSSR count). The highest BCUT2D eigenvalue weighted by Crippen LogP contribution is 2.68. The third kappa shape index (κ3) is 2.72. The molecule has 0 aromatic carbocycles. The van der Waals surface area contributed by atoms with Crippen LogP contribution in [0.15, 0.2) is 0 Å². The molecule has 0 aromatic rings. The molecule has 5 nitrogen and oxygen atoms in total. The molecule has 158 valence electrons. The largest absolute Gasteiger partial charge is 0.463 e. The van der Waals surface area contributed by atoms with Crippen molar-refractivity contribution < 1.29 is 24.5 Å². The number of carbonyl (C=O) groups is 2. The van der Waals surface area contributed by atoms with E-state index in [1.54, 1.807) is 0 Å². The van der Waals surface area contributed by atoms with E-state index in [9.17, 15) is 19.8 Å². The molecule has 0 aromatic heterocycles. The van der Waals surface area contributed by atoms with Crippen LogP contribution in [0.25, 0.3) is 0 Å². The van der Waals surface area contributed by atoms with Gasteiger partial charge in [-0.3, -0.25) is 9.59 Å². The lowest BCUT2D eigenvalue weighted by atomic mass is 9.44. The predicted octanol–water partition coefficient (Wildman–Crippen LogP) is 3.25. The van der Waals surface area contributed by atoms with Crippen molar-refractivity contribution in [3.63, 3.8) is 0 Å². The first-order valence-electron chi connectivity index (χ1n) is 11.2. The van der Waals surface area contributed by atoms with Gasteiger partial charge in [0, 0.05) is 12.3 Å². The summed E-state index contributed by atoms with van der Waals surface area (Å²) >= 11 is 0. The minimum absolute atomic E-state index is 0.0692. The van der Waals surface area contributed by atoms with E-state index in [-0.39, 0.29) is 17.5 Å². The van der Waals surface area contributed by atoms with Crippen LogP contribution >= 0.6 is 0 Å². The first-order valence-corrected chi connectivity index (χ1v) is 11.2. The van der Waals surface area contributed by atoms with Crippen molar-refractivity contribution in [3.05, 3.63) is 0 Å². The average Bonchev–Trinajstić information content (AvgIpc) is 2.93. The van der Waals surface area contributed by atoms with E-state index in [0.29, 0.717) is 30.1 Å². The lowest BCUT2D eigenvalue weighted by molar-refractivity contribution is -0.177. The maximum Gasteiger partial charge on any atom is 0.302 e. The fraction of sp³-hybridized carbons (Fsp3) is 0.913. The highest BCUT2D eigenvalue weighted by atomic mass is 16.5. The van der Waals surface area contributed by atoms with Gasteiger partial charge < -0.3 is 14.9 Å². The van der Waals surface area contributed by atoms with Crippen LogP contribution in [-0.2, 0) is 14.3 Å². The molecule has 0 saturated heterocycles. The number of hydrogen-bond acceptors (Lipinski definition) is 5. The molecule has 0 heterocycles. The van der Waals surface area contributed by atoms with Crippen molar-refractivity contribution in [1.29, 1.82) is 0 Å². The van der Waals surface area contributed by atoms with E-state index >= 15 is 0 Å². The minimum atomic E-state index is -1.36. The van der Waals surface area contributed by atoms with E-state index in [1.807, 2.05) is 0 Å². The summed E-state index contributed by atoms with van der Waals surface area (Å²) in [5.74, 6) is 1.55. The maximum atomic E-state index is 12.4. The molecule has 0 radical (unpaired) electrons. The van der Waals surface area contributed by atoms with Crippen LogP contribution in [0.5, 0.6) is 0 Å². The zero-order valence-electron chi connectivity index (χ0n) is 17.6. The average molecular weight is 393 g/mol. The Kier molecular flexibility index (Phi) is 4.94. The Labute approximate surface area is 168 Å². The van der Waals surface area contributed by atoms with Crippen molar-refractivity contribution in [2.45, 2.75) is 90.3 Å². The Balaban J connectivity index is 1.56. The molecule has 5 heteroatoms. The maximum absolute atomic E-state index is 12.4. The van der Waals surface area contributed by atoms with Crippen LogP contribution in [0, 0.1) is 34.5 Å². The van der Waals surface area contributed by atoms with E-state index in [2.05, 4.69) is 13.8 Å². The number of carbonyl (C=O) groups excluding carboxylic acids is 2. The van der Waals surface area contributed by atoms with Crippen LogP contribution in [0.1, 0.15) is 78.6 Å². The summed E-state index contributed by atoms with van der Waals surface area (Å²) in [5, 5.41) is 20.7. The number of fused-ring (bicyclic) bond motifs is 5. The van der Waals surface area contributed by atoms with E-state index in [0.717, 1.165) is 51.4 Å². The molecule has 4 aliphatic rings. The summed E-state index contributed by atoms with van der Waals surface area (Å²) in [4.78, 5) is 23.8. The zero-order chi connectivity index (χ0) is 20.3. The first-order chi connectivity index (χ1) is 13.2. The quantitative estimate of drug-likeness (QED) is 0.720. The van der Waals surface area contributed by atoms with Gasteiger partial charge in [-0.25, -0.2) is 0 Å². The Morgan fingerprint density at radius 1 is 1.00 bits per heavy atom. The van der Waals surface area contributed by atoms with Gasteiger partial charge in [-0.05, 0) is 86.9 Å². The van der Waals surface area contributed by atoms with Crippen molar-refractivity contribution >= 4 is 11.8 Å². The van der Waals surface area contributed by atoms with Crippen LogP contribution < -0.4 is 0 Å². The van der Waals surface area contributed by atoms with Gasteiger partial charge in [-0.15, -0.1) is 0 Å². The van der Waals surface area contributed by atoms with Crippen molar-refractivity contribution in [2.24, 2.45) is 34.5 Å². The molecule has 28 heavy (non-hydrogen) atoms. The summed E-state index contributed by atoms with van der Waals surface area (Å²) in [6.07, 6.45) is 8.66. The fourth-order valence-electron chi connectivity index (χ4n) is 8.17. The lowest BCUT2D eigenvalue weighted by Gasteiger charge is -2.61.